The molecule has 0 radical (unpaired) electrons. The summed E-state index contributed by atoms with van der Waals surface area (Å²) in [5.41, 5.74) is 6.87. The van der Waals surface area contributed by atoms with Gasteiger partial charge in [0.2, 0.25) is 0 Å². The van der Waals surface area contributed by atoms with E-state index in [0.29, 0.717) is 0 Å². The molecule has 0 saturated carbocycles. The molecule has 0 bridgehead atoms. The Kier molecular flexibility index (Phi) is 5.77. The van der Waals surface area contributed by atoms with Crippen molar-refractivity contribution in [3.63, 3.8) is 0 Å². The molecule has 1 unspecified atom stereocenters. The van der Waals surface area contributed by atoms with Gasteiger partial charge < -0.3 is 16.0 Å². The Balaban J connectivity index is 2.23. The second kappa shape index (κ2) is 7.51. The number of hydrogen-bond acceptors (Lipinski definition) is 4. The summed E-state index contributed by atoms with van der Waals surface area (Å²) < 4.78 is 0. The van der Waals surface area contributed by atoms with Gasteiger partial charge in [-0.3, -0.25) is 4.79 Å². The summed E-state index contributed by atoms with van der Waals surface area (Å²) in [6, 6.07) is 11.7. The molecule has 26 heavy (non-hydrogen) atoms. The fraction of sp³-hybridized carbons (Fsp3) is 0.524. The van der Waals surface area contributed by atoms with Crippen LogP contribution in [-0.4, -0.2) is 27.9 Å². The molecule has 0 spiro atoms. The number of nitrogens with zero attached hydrogens (tertiary/aromatic N) is 2. The number of carbonyl (C=O) groups is 1. The van der Waals surface area contributed by atoms with E-state index in [1.807, 2.05) is 37.3 Å². The minimum absolute atomic E-state index is 0.113. The fourth-order valence-electron chi connectivity index (χ4n) is 4.09. The lowest BCUT2D eigenvalue weighted by molar-refractivity contribution is -0.117. The first-order chi connectivity index (χ1) is 12.1. The van der Waals surface area contributed by atoms with Crippen LogP contribution in [0.25, 0.3) is 0 Å². The third kappa shape index (κ3) is 4.44. The van der Waals surface area contributed by atoms with E-state index < -0.39 is 0 Å². The van der Waals surface area contributed by atoms with Crippen molar-refractivity contribution in [2.24, 2.45) is 5.73 Å². The SMILES string of the molecule is CC(NC(=O)/C(C#N)=C\N1C(C)(C)CC(N)CC1(C)C)c1ccccc1. The molecule has 1 fully saturated rings. The van der Waals surface area contributed by atoms with E-state index in [4.69, 9.17) is 5.73 Å². The molecule has 5 nitrogen and oxygen atoms in total. The van der Waals surface area contributed by atoms with Crippen molar-refractivity contribution in [2.45, 2.75) is 70.6 Å². The molecular formula is C21H30N4O. The Hall–Kier alpha value is -2.32. The molecule has 1 saturated heterocycles. The Labute approximate surface area is 156 Å². The Morgan fingerprint density at radius 3 is 2.31 bits per heavy atom. The van der Waals surface area contributed by atoms with Crippen LogP contribution in [0.4, 0.5) is 0 Å². The maximum atomic E-state index is 12.7. The zero-order chi connectivity index (χ0) is 19.5. The number of nitrogens with two attached hydrogens (primary N) is 1. The van der Waals surface area contributed by atoms with E-state index in [9.17, 15) is 10.1 Å². The van der Waals surface area contributed by atoms with Crippen molar-refractivity contribution < 1.29 is 4.79 Å². The van der Waals surface area contributed by atoms with Gasteiger partial charge in [-0.25, -0.2) is 0 Å². The van der Waals surface area contributed by atoms with E-state index in [1.54, 1.807) is 6.20 Å². The van der Waals surface area contributed by atoms with Gasteiger partial charge in [0.1, 0.15) is 11.6 Å². The molecule has 1 atom stereocenters. The molecule has 1 amide bonds. The topological polar surface area (TPSA) is 82.2 Å². The van der Waals surface area contributed by atoms with Gasteiger partial charge in [0, 0.05) is 23.3 Å². The quantitative estimate of drug-likeness (QED) is 0.642. The van der Waals surface area contributed by atoms with E-state index >= 15 is 0 Å². The lowest BCUT2D eigenvalue weighted by Gasteiger charge is -2.54. The standard InChI is InChI=1S/C21H30N4O/c1-15(16-9-7-6-8-10-16)24-19(26)17(13-22)14-25-20(2,3)11-18(23)12-21(25,4)5/h6-10,14-15,18H,11-12,23H2,1-5H3,(H,24,26)/b17-14-. The average molecular weight is 354 g/mol. The lowest BCUT2D eigenvalue weighted by Crippen LogP contribution is -2.61. The summed E-state index contributed by atoms with van der Waals surface area (Å²) in [5, 5.41) is 12.5. The molecule has 5 heteroatoms. The molecular weight excluding hydrogens is 324 g/mol. The van der Waals surface area contributed by atoms with Crippen molar-refractivity contribution in [1.82, 2.24) is 10.2 Å². The highest BCUT2D eigenvalue weighted by molar-refractivity contribution is 5.97. The summed E-state index contributed by atoms with van der Waals surface area (Å²) in [7, 11) is 0. The van der Waals surface area contributed by atoms with Crippen LogP contribution in [-0.2, 0) is 4.79 Å². The number of hydrogen-bond donors (Lipinski definition) is 2. The number of benzene rings is 1. The molecule has 1 aromatic rings. The number of nitriles is 1. The number of carbonyl (C=O) groups excluding carboxylic acids is 1. The highest BCUT2D eigenvalue weighted by Gasteiger charge is 2.43. The summed E-state index contributed by atoms with van der Waals surface area (Å²) in [6.07, 6.45) is 3.33. The van der Waals surface area contributed by atoms with Gasteiger partial charge in [-0.2, -0.15) is 5.26 Å². The monoisotopic (exact) mass is 354 g/mol. The summed E-state index contributed by atoms with van der Waals surface area (Å²) in [6.45, 7) is 10.3. The van der Waals surface area contributed by atoms with Gasteiger partial charge >= 0.3 is 0 Å². The third-order valence-corrected chi connectivity index (χ3v) is 5.10. The van der Waals surface area contributed by atoms with Crippen LogP contribution in [0.15, 0.2) is 42.1 Å². The number of rotatable bonds is 4. The zero-order valence-corrected chi connectivity index (χ0v) is 16.4. The van der Waals surface area contributed by atoms with Crippen molar-refractivity contribution in [2.75, 3.05) is 0 Å². The number of piperidine rings is 1. The van der Waals surface area contributed by atoms with E-state index in [1.165, 1.54) is 0 Å². The van der Waals surface area contributed by atoms with E-state index in [-0.39, 0.29) is 34.6 Å². The van der Waals surface area contributed by atoms with Crippen LogP contribution in [0, 0.1) is 11.3 Å². The number of amides is 1. The highest BCUT2D eigenvalue weighted by atomic mass is 16.1. The summed E-state index contributed by atoms with van der Waals surface area (Å²) in [4.78, 5) is 14.8. The van der Waals surface area contributed by atoms with Crippen LogP contribution >= 0.6 is 0 Å². The molecule has 1 heterocycles. The van der Waals surface area contributed by atoms with Crippen LogP contribution in [0.3, 0.4) is 0 Å². The van der Waals surface area contributed by atoms with Gasteiger partial charge in [0.15, 0.2) is 0 Å². The minimum Gasteiger partial charge on any atom is -0.366 e. The average Bonchev–Trinajstić information content (AvgIpc) is 2.53. The van der Waals surface area contributed by atoms with Crippen molar-refractivity contribution in [1.29, 1.82) is 5.26 Å². The Bertz CT molecular complexity index is 697. The largest absolute Gasteiger partial charge is 0.366 e. The molecule has 0 aromatic heterocycles. The highest BCUT2D eigenvalue weighted by Crippen LogP contribution is 2.38. The normalized spacial score (nSPS) is 21.0. The maximum Gasteiger partial charge on any atom is 0.263 e. The predicted octanol–water partition coefficient (Wildman–Crippen LogP) is 3.25. The van der Waals surface area contributed by atoms with Crippen molar-refractivity contribution in [3.05, 3.63) is 47.7 Å². The van der Waals surface area contributed by atoms with Gasteiger partial charge in [-0.05, 0) is 53.0 Å². The summed E-state index contributed by atoms with van der Waals surface area (Å²) in [5.74, 6) is -0.356. The van der Waals surface area contributed by atoms with Gasteiger partial charge in [-0.15, -0.1) is 0 Å². The zero-order valence-electron chi connectivity index (χ0n) is 16.4. The Morgan fingerprint density at radius 2 is 1.81 bits per heavy atom. The predicted molar refractivity (Wildman–Crippen MR) is 104 cm³/mol. The van der Waals surface area contributed by atoms with Crippen LogP contribution in [0.5, 0.6) is 0 Å². The molecule has 0 aliphatic carbocycles. The molecule has 140 valence electrons. The van der Waals surface area contributed by atoms with Crippen LogP contribution < -0.4 is 11.1 Å². The molecule has 3 N–H and O–H groups in total. The van der Waals surface area contributed by atoms with Gasteiger partial charge in [-0.1, -0.05) is 30.3 Å². The number of likely N-dealkylation sites (tertiary alicyclic amines) is 1. The smallest absolute Gasteiger partial charge is 0.263 e. The Morgan fingerprint density at radius 1 is 1.27 bits per heavy atom. The van der Waals surface area contributed by atoms with Gasteiger partial charge in [0.25, 0.3) is 5.91 Å². The second-order valence-electron chi connectivity index (χ2n) is 8.42. The maximum absolute atomic E-state index is 12.7. The van der Waals surface area contributed by atoms with Crippen molar-refractivity contribution in [3.8, 4) is 6.07 Å². The third-order valence-electron chi connectivity index (χ3n) is 5.10. The number of nitrogens with one attached hydrogen (secondary N) is 1. The van der Waals surface area contributed by atoms with Crippen molar-refractivity contribution >= 4 is 5.91 Å². The molecule has 1 aromatic carbocycles. The molecule has 2 rings (SSSR count). The first-order valence-electron chi connectivity index (χ1n) is 9.09. The lowest BCUT2D eigenvalue weighted by atomic mass is 9.77. The first kappa shape index (κ1) is 20.0. The van der Waals surface area contributed by atoms with Crippen LogP contribution in [0.1, 0.15) is 59.1 Å². The van der Waals surface area contributed by atoms with Crippen LogP contribution in [0.2, 0.25) is 0 Å². The van der Waals surface area contributed by atoms with E-state index in [2.05, 4.69) is 44.0 Å². The second-order valence-corrected chi connectivity index (χ2v) is 8.42. The molecule has 1 aliphatic heterocycles. The summed E-state index contributed by atoms with van der Waals surface area (Å²) >= 11 is 0. The minimum atomic E-state index is -0.356. The molecule has 1 aliphatic rings. The first-order valence-corrected chi connectivity index (χ1v) is 9.09. The van der Waals surface area contributed by atoms with E-state index in [0.717, 1.165) is 18.4 Å². The van der Waals surface area contributed by atoms with Gasteiger partial charge in [0.05, 0.1) is 6.04 Å². The fourth-order valence-corrected chi connectivity index (χ4v) is 4.09.